The van der Waals surface area contributed by atoms with Crippen molar-refractivity contribution in [1.29, 1.82) is 0 Å². The molecule has 2 amide bonds. The van der Waals surface area contributed by atoms with E-state index in [1.807, 2.05) is 6.07 Å². The maximum absolute atomic E-state index is 14.1. The minimum Gasteiger partial charge on any atom is -0.482 e. The van der Waals surface area contributed by atoms with Gasteiger partial charge in [0.1, 0.15) is 5.75 Å². The quantitative estimate of drug-likeness (QED) is 0.299. The van der Waals surface area contributed by atoms with Gasteiger partial charge < -0.3 is 25.2 Å². The summed E-state index contributed by atoms with van der Waals surface area (Å²) in [7, 11) is 0. The predicted molar refractivity (Wildman–Crippen MR) is 159 cm³/mol. The lowest BCUT2D eigenvalue weighted by atomic mass is 9.76. The molecule has 8 nitrogen and oxygen atoms in total. The fourth-order valence-corrected chi connectivity index (χ4v) is 6.58. The first-order chi connectivity index (χ1) is 20.2. The molecule has 1 aliphatic carbocycles. The third-order valence-electron chi connectivity index (χ3n) is 7.96. The molecule has 0 saturated heterocycles. The number of fused-ring (bicyclic) bond motifs is 1. The Labute approximate surface area is 254 Å². The predicted octanol–water partition coefficient (Wildman–Crippen LogP) is 5.40. The number of nitrogens with zero attached hydrogens (tertiary/aromatic N) is 1. The lowest BCUT2D eigenvalue weighted by Crippen LogP contribution is -2.55. The molecule has 1 aliphatic heterocycles. The van der Waals surface area contributed by atoms with Crippen LogP contribution in [-0.2, 0) is 16.0 Å². The molecule has 0 radical (unpaired) electrons. The van der Waals surface area contributed by atoms with Gasteiger partial charge in [-0.1, -0.05) is 72.4 Å². The molecule has 220 valence electrons. The summed E-state index contributed by atoms with van der Waals surface area (Å²) >= 11 is 13.0. The number of hydrogen-bond donors (Lipinski definition) is 3. The Kier molecular flexibility index (Phi) is 9.36. The van der Waals surface area contributed by atoms with Crippen molar-refractivity contribution in [1.82, 2.24) is 10.2 Å². The van der Waals surface area contributed by atoms with Crippen molar-refractivity contribution in [2.75, 3.05) is 13.2 Å². The van der Waals surface area contributed by atoms with Gasteiger partial charge in [0, 0.05) is 22.2 Å². The summed E-state index contributed by atoms with van der Waals surface area (Å²) in [6.07, 6.45) is 2.67. The normalized spacial score (nSPS) is 21.9. The summed E-state index contributed by atoms with van der Waals surface area (Å²) in [5.74, 6) is -1.95. The van der Waals surface area contributed by atoms with Gasteiger partial charge in [-0.15, -0.1) is 0 Å². The number of rotatable bonds is 9. The molecule has 1 saturated carbocycles. The molecule has 0 aromatic heterocycles. The van der Waals surface area contributed by atoms with Crippen molar-refractivity contribution in [3.63, 3.8) is 0 Å². The summed E-state index contributed by atoms with van der Waals surface area (Å²) in [6.45, 7) is -0.151. The molecule has 0 unspecified atom stereocenters. The summed E-state index contributed by atoms with van der Waals surface area (Å²) in [4.78, 5) is 40.7. The lowest BCUT2D eigenvalue weighted by Gasteiger charge is -2.48. The second-order valence-corrected chi connectivity index (χ2v) is 11.5. The van der Waals surface area contributed by atoms with Crippen LogP contribution in [0.2, 0.25) is 10.0 Å². The first kappa shape index (κ1) is 29.9. The van der Waals surface area contributed by atoms with Crippen molar-refractivity contribution in [2.45, 2.75) is 56.2 Å². The molecular formula is C32H32Cl2N2O6. The van der Waals surface area contributed by atoms with Crippen molar-refractivity contribution in [3.8, 4) is 5.75 Å². The number of ether oxygens (including phenoxy) is 1. The van der Waals surface area contributed by atoms with Crippen molar-refractivity contribution < 1.29 is 29.3 Å². The van der Waals surface area contributed by atoms with E-state index in [1.165, 1.54) is 0 Å². The highest BCUT2D eigenvalue weighted by atomic mass is 35.5. The minimum absolute atomic E-state index is 0.241. The maximum Gasteiger partial charge on any atom is 0.341 e. The Balaban J connectivity index is 1.47. The number of carbonyl (C=O) groups excluding carboxylic acids is 2. The number of amides is 2. The standard InChI is InChI=1S/C32H32Cl2N2O6/c33-20-12-13-24(25(34)17-20)30-29(31(40)35-15-14-19-6-5-7-21(16-19)42-18-28(38)39)22-8-1-2-9-23(22)32(41)36(30)26-10-3-4-11-27(26)37/h1-2,5-9,12-13,16-17,26-27,29-30,37H,3-4,10-11,14-15,18H2,(H,35,40)(H,38,39)/t26-,27-,29+,30-/m0/s1. The van der Waals surface area contributed by atoms with E-state index in [4.69, 9.17) is 33.0 Å². The van der Waals surface area contributed by atoms with E-state index in [1.54, 1.807) is 65.6 Å². The molecule has 3 aromatic carbocycles. The molecule has 3 N–H and O–H groups in total. The molecule has 10 heteroatoms. The van der Waals surface area contributed by atoms with Crippen molar-refractivity contribution in [2.24, 2.45) is 0 Å². The van der Waals surface area contributed by atoms with Gasteiger partial charge in [-0.2, -0.15) is 0 Å². The van der Waals surface area contributed by atoms with E-state index >= 15 is 0 Å². The van der Waals surface area contributed by atoms with Crippen LogP contribution in [0.25, 0.3) is 0 Å². The molecule has 1 heterocycles. The summed E-state index contributed by atoms with van der Waals surface area (Å²) in [5, 5.41) is 23.8. The Morgan fingerprint density at radius 1 is 0.976 bits per heavy atom. The molecule has 4 atom stereocenters. The van der Waals surface area contributed by atoms with Gasteiger partial charge in [0.15, 0.2) is 6.61 Å². The molecule has 3 aromatic rings. The van der Waals surface area contributed by atoms with Gasteiger partial charge in [0.05, 0.1) is 24.1 Å². The van der Waals surface area contributed by atoms with E-state index in [0.717, 1.165) is 18.4 Å². The average Bonchev–Trinajstić information content (AvgIpc) is 2.97. The van der Waals surface area contributed by atoms with E-state index in [-0.39, 0.29) is 11.8 Å². The zero-order valence-corrected chi connectivity index (χ0v) is 24.4. The minimum atomic E-state index is -1.07. The van der Waals surface area contributed by atoms with Gasteiger partial charge in [-0.25, -0.2) is 4.79 Å². The van der Waals surface area contributed by atoms with Crippen LogP contribution in [-0.4, -0.2) is 58.2 Å². The summed E-state index contributed by atoms with van der Waals surface area (Å²) in [5.41, 5.74) is 2.48. The lowest BCUT2D eigenvalue weighted by molar-refractivity contribution is -0.139. The first-order valence-corrected chi connectivity index (χ1v) is 14.8. The molecular weight excluding hydrogens is 579 g/mol. The van der Waals surface area contributed by atoms with Crippen LogP contribution in [0, 0.1) is 0 Å². The Morgan fingerprint density at radius 3 is 2.52 bits per heavy atom. The van der Waals surface area contributed by atoms with Crippen LogP contribution in [0.4, 0.5) is 0 Å². The number of benzene rings is 3. The SMILES string of the molecule is O=C(O)COc1cccc(CCNC(=O)[C@@H]2c3ccccc3C(=O)N([C@H]3CCCC[C@@H]3O)[C@H]2c2ccc(Cl)cc2Cl)c1. The van der Waals surface area contributed by atoms with Crippen LogP contribution >= 0.6 is 23.2 Å². The number of nitrogens with one attached hydrogen (secondary N) is 1. The highest BCUT2D eigenvalue weighted by molar-refractivity contribution is 6.35. The van der Waals surface area contributed by atoms with E-state index in [9.17, 15) is 19.5 Å². The van der Waals surface area contributed by atoms with Crippen molar-refractivity contribution in [3.05, 3.63) is 99.0 Å². The topological polar surface area (TPSA) is 116 Å². The number of hydrogen-bond acceptors (Lipinski definition) is 5. The number of aliphatic carboxylic acids is 1. The Bertz CT molecular complexity index is 1480. The Morgan fingerprint density at radius 2 is 1.76 bits per heavy atom. The molecule has 0 bridgehead atoms. The largest absolute Gasteiger partial charge is 0.482 e. The van der Waals surface area contributed by atoms with Crippen LogP contribution in [0.5, 0.6) is 5.75 Å². The molecule has 42 heavy (non-hydrogen) atoms. The van der Waals surface area contributed by atoms with E-state index in [0.29, 0.717) is 58.3 Å². The smallest absolute Gasteiger partial charge is 0.341 e. The highest BCUT2D eigenvalue weighted by Gasteiger charge is 2.48. The van der Waals surface area contributed by atoms with Crippen molar-refractivity contribution >= 4 is 41.0 Å². The number of carboxylic acids is 1. The number of carbonyl (C=O) groups is 3. The summed E-state index contributed by atoms with van der Waals surface area (Å²) in [6, 6.07) is 18.0. The van der Waals surface area contributed by atoms with Gasteiger partial charge in [-0.3, -0.25) is 9.59 Å². The van der Waals surface area contributed by atoms with Gasteiger partial charge in [0.2, 0.25) is 5.91 Å². The van der Waals surface area contributed by atoms with E-state index < -0.39 is 36.7 Å². The van der Waals surface area contributed by atoms with E-state index in [2.05, 4.69) is 5.32 Å². The average molecular weight is 612 g/mol. The fourth-order valence-electron chi connectivity index (χ4n) is 6.06. The second kappa shape index (κ2) is 13.2. The number of aliphatic hydroxyl groups excluding tert-OH is 1. The van der Waals surface area contributed by atoms with Crippen LogP contribution < -0.4 is 10.1 Å². The van der Waals surface area contributed by atoms with Crippen LogP contribution in [0.15, 0.2) is 66.7 Å². The van der Waals surface area contributed by atoms with Gasteiger partial charge >= 0.3 is 5.97 Å². The number of carboxylic acid groups (broad SMARTS) is 1. The third kappa shape index (κ3) is 6.41. The second-order valence-electron chi connectivity index (χ2n) is 10.7. The van der Waals surface area contributed by atoms with Gasteiger partial charge in [0.25, 0.3) is 5.91 Å². The Hall–Kier alpha value is -3.59. The third-order valence-corrected chi connectivity index (χ3v) is 8.53. The number of aliphatic hydroxyl groups is 1. The van der Waals surface area contributed by atoms with Crippen LogP contribution in [0.1, 0.15) is 64.7 Å². The fraction of sp³-hybridized carbons (Fsp3) is 0.344. The first-order valence-electron chi connectivity index (χ1n) is 14.0. The molecule has 5 rings (SSSR count). The monoisotopic (exact) mass is 610 g/mol. The number of halogens is 2. The highest BCUT2D eigenvalue weighted by Crippen LogP contribution is 2.47. The van der Waals surface area contributed by atoms with Gasteiger partial charge in [-0.05, 0) is 66.3 Å². The zero-order chi connectivity index (χ0) is 29.8. The van der Waals surface area contributed by atoms with Crippen LogP contribution in [0.3, 0.4) is 0 Å². The zero-order valence-electron chi connectivity index (χ0n) is 22.8. The maximum atomic E-state index is 14.1. The molecule has 2 aliphatic rings. The molecule has 0 spiro atoms. The summed E-state index contributed by atoms with van der Waals surface area (Å²) < 4.78 is 5.27. The molecule has 1 fully saturated rings.